The van der Waals surface area contributed by atoms with Crippen LogP contribution in [0.2, 0.25) is 0 Å². The molecule has 0 fully saturated rings. The highest BCUT2D eigenvalue weighted by atomic mass is 32.2. The summed E-state index contributed by atoms with van der Waals surface area (Å²) >= 11 is 1.60. The van der Waals surface area contributed by atoms with E-state index >= 15 is 0 Å². The lowest BCUT2D eigenvalue weighted by Gasteiger charge is -2.11. The molecule has 0 amide bonds. The number of aryl methyl sites for hydroxylation is 1. The molecule has 1 N–H and O–H groups in total. The summed E-state index contributed by atoms with van der Waals surface area (Å²) in [7, 11) is 0. The van der Waals surface area contributed by atoms with Crippen molar-refractivity contribution in [2.24, 2.45) is 0 Å². The third kappa shape index (κ3) is 2.96. The largest absolute Gasteiger partial charge is 0.388 e. The molecule has 0 aliphatic carbocycles. The number of thioether (sulfide) groups is 1. The van der Waals surface area contributed by atoms with Gasteiger partial charge in [-0.3, -0.25) is 0 Å². The Morgan fingerprint density at radius 1 is 1.10 bits per heavy atom. The van der Waals surface area contributed by atoms with Crippen molar-refractivity contribution in [3.8, 4) is 0 Å². The van der Waals surface area contributed by atoms with Crippen LogP contribution >= 0.6 is 11.8 Å². The Labute approximate surface area is 128 Å². The zero-order chi connectivity index (χ0) is 14.7. The summed E-state index contributed by atoms with van der Waals surface area (Å²) in [5, 5.41) is 11.2. The maximum atomic E-state index is 10.3. The number of aliphatic hydroxyl groups is 1. The minimum atomic E-state index is -0.471. The van der Waals surface area contributed by atoms with Crippen LogP contribution in [0.15, 0.2) is 59.8 Å². The molecule has 0 saturated heterocycles. The number of hydrogen-bond donors (Lipinski definition) is 1. The maximum Gasteiger partial charge on any atom is 0.169 e. The number of hydrogen-bond acceptors (Lipinski definition) is 3. The van der Waals surface area contributed by atoms with Gasteiger partial charge in [0.15, 0.2) is 5.16 Å². The highest BCUT2D eigenvalue weighted by molar-refractivity contribution is 7.99. The fourth-order valence-corrected chi connectivity index (χ4v) is 3.44. The quantitative estimate of drug-likeness (QED) is 0.726. The molecule has 1 atom stereocenters. The van der Waals surface area contributed by atoms with E-state index in [0.717, 1.165) is 28.3 Å². The Kier molecular flexibility index (Phi) is 4.27. The van der Waals surface area contributed by atoms with E-state index in [4.69, 9.17) is 0 Å². The number of imidazole rings is 1. The van der Waals surface area contributed by atoms with Gasteiger partial charge in [0.05, 0.1) is 17.1 Å². The molecule has 0 unspecified atom stereocenters. The zero-order valence-corrected chi connectivity index (χ0v) is 12.8. The van der Waals surface area contributed by atoms with Gasteiger partial charge in [0.2, 0.25) is 0 Å². The van der Waals surface area contributed by atoms with Gasteiger partial charge >= 0.3 is 0 Å². The molecule has 0 aliphatic heterocycles. The van der Waals surface area contributed by atoms with Crippen molar-refractivity contribution in [1.82, 2.24) is 9.55 Å². The van der Waals surface area contributed by atoms with Crippen LogP contribution in [0.5, 0.6) is 0 Å². The molecule has 1 heterocycles. The van der Waals surface area contributed by atoms with Gasteiger partial charge in [-0.25, -0.2) is 4.98 Å². The van der Waals surface area contributed by atoms with Crippen molar-refractivity contribution in [3.63, 3.8) is 0 Å². The van der Waals surface area contributed by atoms with Crippen LogP contribution < -0.4 is 0 Å². The average molecular weight is 298 g/mol. The SMILES string of the molecule is CCn1c(SC[C@@H](O)c2ccccc2)nc2ccccc21. The van der Waals surface area contributed by atoms with E-state index < -0.39 is 6.10 Å². The summed E-state index contributed by atoms with van der Waals surface area (Å²) in [6, 6.07) is 17.9. The average Bonchev–Trinajstić information content (AvgIpc) is 2.91. The first-order valence-corrected chi connectivity index (χ1v) is 8.09. The summed E-state index contributed by atoms with van der Waals surface area (Å²) in [4.78, 5) is 4.66. The van der Waals surface area contributed by atoms with Crippen LogP contribution in [0.4, 0.5) is 0 Å². The first kappa shape index (κ1) is 14.2. The van der Waals surface area contributed by atoms with E-state index in [9.17, 15) is 5.11 Å². The maximum absolute atomic E-state index is 10.3. The highest BCUT2D eigenvalue weighted by Crippen LogP contribution is 2.27. The second-order valence-electron chi connectivity index (χ2n) is 4.86. The molecule has 4 heteroatoms. The predicted octanol–water partition coefficient (Wildman–Crippen LogP) is 3.88. The molecule has 0 bridgehead atoms. The number of para-hydroxylation sites is 2. The smallest absolute Gasteiger partial charge is 0.169 e. The van der Waals surface area contributed by atoms with E-state index in [0.29, 0.717) is 5.75 Å². The van der Waals surface area contributed by atoms with Crippen LogP contribution in [0, 0.1) is 0 Å². The summed E-state index contributed by atoms with van der Waals surface area (Å²) in [5.41, 5.74) is 3.11. The molecule has 0 aliphatic rings. The molecular weight excluding hydrogens is 280 g/mol. The topological polar surface area (TPSA) is 38.0 Å². The molecule has 0 radical (unpaired) electrons. The van der Waals surface area contributed by atoms with Crippen LogP contribution in [0.1, 0.15) is 18.6 Å². The van der Waals surface area contributed by atoms with E-state index in [-0.39, 0.29) is 0 Å². The highest BCUT2D eigenvalue weighted by Gasteiger charge is 2.13. The monoisotopic (exact) mass is 298 g/mol. The minimum Gasteiger partial charge on any atom is -0.388 e. The lowest BCUT2D eigenvalue weighted by Crippen LogP contribution is -2.02. The number of rotatable bonds is 5. The Hall–Kier alpha value is -1.78. The fourth-order valence-electron chi connectivity index (χ4n) is 2.39. The molecular formula is C17H18N2OS. The minimum absolute atomic E-state index is 0.471. The van der Waals surface area contributed by atoms with Crippen molar-refractivity contribution in [3.05, 3.63) is 60.2 Å². The van der Waals surface area contributed by atoms with Crippen LogP contribution in [0.25, 0.3) is 11.0 Å². The summed E-state index contributed by atoms with van der Waals surface area (Å²) in [6.07, 6.45) is -0.471. The van der Waals surface area contributed by atoms with Gasteiger partial charge in [-0.2, -0.15) is 0 Å². The molecule has 108 valence electrons. The number of benzene rings is 2. The third-order valence-electron chi connectivity index (χ3n) is 3.49. The predicted molar refractivity (Wildman–Crippen MR) is 87.5 cm³/mol. The van der Waals surface area contributed by atoms with Gasteiger partial charge in [-0.05, 0) is 24.6 Å². The van der Waals surface area contributed by atoms with E-state index in [2.05, 4.69) is 22.5 Å². The van der Waals surface area contributed by atoms with Crippen molar-refractivity contribution in [2.75, 3.05) is 5.75 Å². The zero-order valence-electron chi connectivity index (χ0n) is 11.9. The Morgan fingerprint density at radius 2 is 1.81 bits per heavy atom. The second kappa shape index (κ2) is 6.33. The fraction of sp³-hybridized carbons (Fsp3) is 0.235. The Bertz CT molecular complexity index is 724. The molecule has 3 aromatic rings. The van der Waals surface area contributed by atoms with E-state index in [1.54, 1.807) is 11.8 Å². The molecule has 3 nitrogen and oxygen atoms in total. The van der Waals surface area contributed by atoms with Gasteiger partial charge in [-0.15, -0.1) is 0 Å². The van der Waals surface area contributed by atoms with Crippen LogP contribution in [-0.4, -0.2) is 20.4 Å². The summed E-state index contributed by atoms with van der Waals surface area (Å²) < 4.78 is 2.19. The molecule has 1 aromatic heterocycles. The lowest BCUT2D eigenvalue weighted by atomic mass is 10.1. The first-order chi connectivity index (χ1) is 10.3. The standard InChI is InChI=1S/C17H18N2OS/c1-2-19-15-11-7-6-10-14(15)18-17(19)21-12-16(20)13-8-4-3-5-9-13/h3-11,16,20H,2,12H2,1H3/t16-/m1/s1. The van der Waals surface area contributed by atoms with E-state index in [1.165, 1.54) is 0 Å². The number of aromatic nitrogens is 2. The lowest BCUT2D eigenvalue weighted by molar-refractivity contribution is 0.204. The molecule has 0 saturated carbocycles. The molecule has 21 heavy (non-hydrogen) atoms. The Morgan fingerprint density at radius 3 is 2.57 bits per heavy atom. The number of fused-ring (bicyclic) bond motifs is 1. The summed E-state index contributed by atoms with van der Waals surface area (Å²) in [6.45, 7) is 3.00. The van der Waals surface area contributed by atoms with Crippen LogP contribution in [0.3, 0.4) is 0 Å². The van der Waals surface area contributed by atoms with Gasteiger partial charge in [0.25, 0.3) is 0 Å². The van der Waals surface area contributed by atoms with Gasteiger partial charge in [-0.1, -0.05) is 54.2 Å². The summed E-state index contributed by atoms with van der Waals surface area (Å²) in [5.74, 6) is 0.604. The van der Waals surface area contributed by atoms with Gasteiger partial charge in [0.1, 0.15) is 0 Å². The van der Waals surface area contributed by atoms with Crippen molar-refractivity contribution in [1.29, 1.82) is 0 Å². The number of aliphatic hydroxyl groups excluding tert-OH is 1. The molecule has 0 spiro atoms. The van der Waals surface area contributed by atoms with Crippen molar-refractivity contribution < 1.29 is 5.11 Å². The third-order valence-corrected chi connectivity index (χ3v) is 4.54. The molecule has 3 rings (SSSR count). The van der Waals surface area contributed by atoms with E-state index in [1.807, 2.05) is 48.5 Å². The Balaban J connectivity index is 1.79. The normalized spacial score (nSPS) is 12.7. The van der Waals surface area contributed by atoms with Crippen LogP contribution in [-0.2, 0) is 6.54 Å². The van der Waals surface area contributed by atoms with Crippen molar-refractivity contribution >= 4 is 22.8 Å². The molecule has 2 aromatic carbocycles. The van der Waals surface area contributed by atoms with Gasteiger partial charge in [0, 0.05) is 12.3 Å². The number of nitrogens with zero attached hydrogens (tertiary/aromatic N) is 2. The van der Waals surface area contributed by atoms with Gasteiger partial charge < -0.3 is 9.67 Å². The first-order valence-electron chi connectivity index (χ1n) is 7.10. The van der Waals surface area contributed by atoms with Crippen molar-refractivity contribution in [2.45, 2.75) is 24.7 Å². The second-order valence-corrected chi connectivity index (χ2v) is 5.85.